The molecule has 8 heteroatoms. The van der Waals surface area contributed by atoms with Crippen molar-refractivity contribution in [2.24, 2.45) is 0 Å². The first kappa shape index (κ1) is 16.5. The molecule has 0 aliphatic heterocycles. The molecule has 6 nitrogen and oxygen atoms in total. The Morgan fingerprint density at radius 2 is 2.24 bits per heavy atom. The van der Waals surface area contributed by atoms with Crippen LogP contribution < -0.4 is 10.0 Å². The molecule has 2 unspecified atom stereocenters. The molecule has 0 spiro atoms. The van der Waals surface area contributed by atoms with Crippen LogP contribution in [0, 0.1) is 0 Å². The smallest absolute Gasteiger partial charge is 0.242 e. The van der Waals surface area contributed by atoms with Gasteiger partial charge in [-0.05, 0) is 32.3 Å². The lowest BCUT2D eigenvalue weighted by Crippen LogP contribution is -2.40. The zero-order valence-corrected chi connectivity index (χ0v) is 13.7. The standard InChI is InChI=1S/C13H20ClN3O3S/c1-3-15-13-10(14)7-9(8-16-13)21(18,19)17-11-5-4-6-12(11)20-2/h7-8,11-12,17H,3-6H2,1-2H3,(H,15,16). The van der Waals surface area contributed by atoms with Crippen molar-refractivity contribution < 1.29 is 13.2 Å². The van der Waals surface area contributed by atoms with E-state index in [1.807, 2.05) is 6.92 Å². The van der Waals surface area contributed by atoms with Crippen molar-refractivity contribution in [1.82, 2.24) is 9.71 Å². The number of rotatable bonds is 6. The molecule has 0 saturated heterocycles. The summed E-state index contributed by atoms with van der Waals surface area (Å²) in [7, 11) is -2.05. The van der Waals surface area contributed by atoms with Crippen molar-refractivity contribution in [2.45, 2.75) is 43.2 Å². The van der Waals surface area contributed by atoms with Gasteiger partial charge in [-0.3, -0.25) is 0 Å². The Bertz CT molecular complexity index is 594. The fraction of sp³-hybridized carbons (Fsp3) is 0.615. The lowest BCUT2D eigenvalue weighted by molar-refractivity contribution is 0.0916. The summed E-state index contributed by atoms with van der Waals surface area (Å²) in [6.45, 7) is 2.57. The van der Waals surface area contributed by atoms with Crippen LogP contribution in [0.4, 0.5) is 5.82 Å². The Morgan fingerprint density at radius 1 is 1.48 bits per heavy atom. The predicted octanol–water partition coefficient (Wildman–Crippen LogP) is 2.01. The largest absolute Gasteiger partial charge is 0.380 e. The summed E-state index contributed by atoms with van der Waals surface area (Å²) in [6, 6.07) is 1.21. The third kappa shape index (κ3) is 3.85. The number of aromatic nitrogens is 1. The highest BCUT2D eigenvalue weighted by atomic mass is 35.5. The minimum absolute atomic E-state index is 0.0657. The van der Waals surface area contributed by atoms with Crippen LogP contribution in [-0.2, 0) is 14.8 Å². The Morgan fingerprint density at radius 3 is 2.86 bits per heavy atom. The van der Waals surface area contributed by atoms with Crippen molar-refractivity contribution in [3.05, 3.63) is 17.3 Å². The van der Waals surface area contributed by atoms with E-state index in [-0.39, 0.29) is 22.1 Å². The minimum Gasteiger partial charge on any atom is -0.380 e. The minimum atomic E-state index is -3.65. The lowest BCUT2D eigenvalue weighted by atomic mass is 10.2. The second-order valence-electron chi connectivity index (χ2n) is 4.96. The van der Waals surface area contributed by atoms with Crippen LogP contribution in [0.5, 0.6) is 0 Å². The number of nitrogens with one attached hydrogen (secondary N) is 2. The number of pyridine rings is 1. The van der Waals surface area contributed by atoms with Crippen LogP contribution in [0.3, 0.4) is 0 Å². The van der Waals surface area contributed by atoms with E-state index < -0.39 is 10.0 Å². The molecule has 21 heavy (non-hydrogen) atoms. The number of methoxy groups -OCH3 is 1. The Kier molecular flexibility index (Phi) is 5.43. The van der Waals surface area contributed by atoms with E-state index >= 15 is 0 Å². The normalized spacial score (nSPS) is 22.4. The summed E-state index contributed by atoms with van der Waals surface area (Å²) in [5, 5.41) is 3.25. The van der Waals surface area contributed by atoms with Gasteiger partial charge in [-0.1, -0.05) is 11.6 Å². The summed E-state index contributed by atoms with van der Waals surface area (Å²) in [6.07, 6.45) is 3.81. The molecule has 0 radical (unpaired) electrons. The molecule has 1 fully saturated rings. The van der Waals surface area contributed by atoms with Gasteiger partial charge in [-0.15, -0.1) is 0 Å². The van der Waals surface area contributed by atoms with Gasteiger partial charge in [-0.25, -0.2) is 18.1 Å². The molecule has 1 saturated carbocycles. The van der Waals surface area contributed by atoms with Gasteiger partial charge in [-0.2, -0.15) is 0 Å². The summed E-state index contributed by atoms with van der Waals surface area (Å²) in [5.41, 5.74) is 0. The summed E-state index contributed by atoms with van der Waals surface area (Å²) in [4.78, 5) is 4.12. The first-order valence-electron chi connectivity index (χ1n) is 6.92. The first-order chi connectivity index (χ1) is 9.97. The SMILES string of the molecule is CCNc1ncc(S(=O)(=O)NC2CCCC2OC)cc1Cl. The fourth-order valence-electron chi connectivity index (χ4n) is 2.48. The summed E-state index contributed by atoms with van der Waals surface area (Å²) < 4.78 is 32.8. The van der Waals surface area contributed by atoms with Crippen LogP contribution in [0.25, 0.3) is 0 Å². The maximum Gasteiger partial charge on any atom is 0.242 e. The highest BCUT2D eigenvalue weighted by Gasteiger charge is 2.31. The number of halogens is 1. The van der Waals surface area contributed by atoms with Crippen LogP contribution in [0.1, 0.15) is 26.2 Å². The lowest BCUT2D eigenvalue weighted by Gasteiger charge is -2.19. The van der Waals surface area contributed by atoms with Gasteiger partial charge in [0.1, 0.15) is 10.7 Å². The maximum atomic E-state index is 12.4. The number of sulfonamides is 1. The average molecular weight is 334 g/mol. The number of ether oxygens (including phenoxy) is 1. The molecule has 1 aromatic rings. The third-order valence-electron chi connectivity index (χ3n) is 3.53. The molecule has 1 heterocycles. The summed E-state index contributed by atoms with van der Waals surface area (Å²) in [5.74, 6) is 0.480. The summed E-state index contributed by atoms with van der Waals surface area (Å²) >= 11 is 6.04. The fourth-order valence-corrected chi connectivity index (χ4v) is 4.04. The second kappa shape index (κ2) is 6.91. The molecule has 1 aliphatic carbocycles. The van der Waals surface area contributed by atoms with Crippen LogP contribution >= 0.6 is 11.6 Å². The zero-order valence-electron chi connectivity index (χ0n) is 12.1. The van der Waals surface area contributed by atoms with Crippen molar-refractivity contribution >= 4 is 27.4 Å². The zero-order chi connectivity index (χ0) is 15.5. The van der Waals surface area contributed by atoms with Gasteiger partial charge >= 0.3 is 0 Å². The van der Waals surface area contributed by atoms with Gasteiger partial charge in [0.2, 0.25) is 10.0 Å². The van der Waals surface area contributed by atoms with Crippen molar-refractivity contribution in [3.63, 3.8) is 0 Å². The number of hydrogen-bond donors (Lipinski definition) is 2. The van der Waals surface area contributed by atoms with Crippen molar-refractivity contribution in [2.75, 3.05) is 19.0 Å². The Labute approximate surface area is 130 Å². The van der Waals surface area contributed by atoms with Crippen LogP contribution in [-0.4, -0.2) is 39.2 Å². The van der Waals surface area contributed by atoms with E-state index in [0.29, 0.717) is 12.4 Å². The number of hydrogen-bond acceptors (Lipinski definition) is 5. The molecule has 0 aromatic carbocycles. The molecule has 2 atom stereocenters. The molecule has 118 valence electrons. The molecule has 2 N–H and O–H groups in total. The molecule has 2 rings (SSSR count). The Hall–Kier alpha value is -0.890. The van der Waals surface area contributed by atoms with E-state index in [1.54, 1.807) is 7.11 Å². The first-order valence-corrected chi connectivity index (χ1v) is 8.78. The number of nitrogens with zero attached hydrogens (tertiary/aromatic N) is 1. The third-order valence-corrected chi connectivity index (χ3v) is 5.28. The molecule has 1 aromatic heterocycles. The molecular formula is C13H20ClN3O3S. The topological polar surface area (TPSA) is 80.3 Å². The monoisotopic (exact) mass is 333 g/mol. The van der Waals surface area contributed by atoms with Gasteiger partial charge in [0.05, 0.1) is 11.1 Å². The van der Waals surface area contributed by atoms with Gasteiger partial charge in [0.15, 0.2) is 0 Å². The van der Waals surface area contributed by atoms with Crippen LogP contribution in [0.2, 0.25) is 5.02 Å². The van der Waals surface area contributed by atoms with Crippen LogP contribution in [0.15, 0.2) is 17.2 Å². The second-order valence-corrected chi connectivity index (χ2v) is 7.09. The quantitative estimate of drug-likeness (QED) is 0.832. The highest BCUT2D eigenvalue weighted by molar-refractivity contribution is 7.89. The van der Waals surface area contributed by atoms with Gasteiger partial charge in [0.25, 0.3) is 0 Å². The van der Waals surface area contributed by atoms with Crippen molar-refractivity contribution in [1.29, 1.82) is 0 Å². The molecule has 0 amide bonds. The van der Waals surface area contributed by atoms with E-state index in [9.17, 15) is 8.42 Å². The van der Waals surface area contributed by atoms with E-state index in [2.05, 4.69) is 15.0 Å². The highest BCUT2D eigenvalue weighted by Crippen LogP contribution is 2.25. The predicted molar refractivity (Wildman–Crippen MR) is 82.2 cm³/mol. The molecular weight excluding hydrogens is 314 g/mol. The Balaban J connectivity index is 2.17. The average Bonchev–Trinajstić information content (AvgIpc) is 2.87. The molecule has 1 aliphatic rings. The number of anilines is 1. The molecule has 0 bridgehead atoms. The van der Waals surface area contributed by atoms with E-state index in [1.165, 1.54) is 12.3 Å². The van der Waals surface area contributed by atoms with Gasteiger partial charge in [0, 0.05) is 25.9 Å². The van der Waals surface area contributed by atoms with E-state index in [0.717, 1.165) is 19.3 Å². The van der Waals surface area contributed by atoms with Crippen molar-refractivity contribution in [3.8, 4) is 0 Å². The maximum absolute atomic E-state index is 12.4. The van der Waals surface area contributed by atoms with E-state index in [4.69, 9.17) is 16.3 Å². The van der Waals surface area contributed by atoms with Gasteiger partial charge < -0.3 is 10.1 Å².